The van der Waals surface area contributed by atoms with E-state index in [1.54, 1.807) is 19.5 Å². The highest BCUT2D eigenvalue weighted by Gasteiger charge is 2.37. The van der Waals surface area contributed by atoms with Gasteiger partial charge in [-0.15, -0.1) is 0 Å². The van der Waals surface area contributed by atoms with Crippen molar-refractivity contribution in [2.75, 3.05) is 25.6 Å². The number of anilines is 1. The zero-order valence-corrected chi connectivity index (χ0v) is 14.6. The predicted octanol–water partition coefficient (Wildman–Crippen LogP) is 2.04. The van der Waals surface area contributed by atoms with Crippen LogP contribution in [-0.2, 0) is 19.9 Å². The number of ether oxygens (including phenoxy) is 2. The third-order valence-corrected chi connectivity index (χ3v) is 4.62. The Morgan fingerprint density at radius 2 is 2.27 bits per heavy atom. The van der Waals surface area contributed by atoms with E-state index in [4.69, 9.17) is 9.47 Å². The number of hydrogen-bond acceptors (Lipinski definition) is 6. The van der Waals surface area contributed by atoms with Crippen LogP contribution < -0.4 is 5.32 Å². The average Bonchev–Trinajstić information content (AvgIpc) is 3.29. The van der Waals surface area contributed by atoms with Crippen molar-refractivity contribution in [3.05, 3.63) is 42.5 Å². The highest BCUT2D eigenvalue weighted by Crippen LogP contribution is 2.34. The second kappa shape index (κ2) is 6.47. The van der Waals surface area contributed by atoms with Gasteiger partial charge in [-0.1, -0.05) is 0 Å². The molecule has 0 aliphatic carbocycles. The first-order valence-corrected chi connectivity index (χ1v) is 8.32. The van der Waals surface area contributed by atoms with E-state index in [0.717, 1.165) is 23.1 Å². The zero-order valence-electron chi connectivity index (χ0n) is 14.6. The van der Waals surface area contributed by atoms with Gasteiger partial charge >= 0.3 is 0 Å². The summed E-state index contributed by atoms with van der Waals surface area (Å²) in [4.78, 5) is 24.3. The van der Waals surface area contributed by atoms with Gasteiger partial charge in [-0.2, -0.15) is 4.98 Å². The molecule has 3 aromatic rings. The van der Waals surface area contributed by atoms with E-state index in [-0.39, 0.29) is 11.9 Å². The molecule has 1 saturated heterocycles. The molecule has 0 saturated carbocycles. The van der Waals surface area contributed by atoms with Crippen LogP contribution in [0.2, 0.25) is 0 Å². The summed E-state index contributed by atoms with van der Waals surface area (Å²) >= 11 is 0. The van der Waals surface area contributed by atoms with Gasteiger partial charge in [0.05, 0.1) is 18.5 Å². The Balaban J connectivity index is 1.78. The van der Waals surface area contributed by atoms with Crippen LogP contribution in [0, 0.1) is 0 Å². The number of carbonyl (C=O) groups is 1. The number of nitrogens with one attached hydrogen (secondary N) is 1. The molecule has 1 fully saturated rings. The maximum atomic E-state index is 11.3. The topological polar surface area (TPSA) is 91.2 Å². The van der Waals surface area contributed by atoms with Crippen LogP contribution in [0.25, 0.3) is 16.7 Å². The standard InChI is InChI=1S/C18H19N5O3/c1-12(24)21-17-20-8-13-3-5-23(16(13)22-17)15-7-14(9-19-10-15)18(25-2)4-6-26-11-18/h3,5,7-10H,4,6,11H2,1-2H3,(H,20,21,22,24). The van der Waals surface area contributed by atoms with Crippen molar-refractivity contribution in [3.63, 3.8) is 0 Å². The Morgan fingerprint density at radius 1 is 1.38 bits per heavy atom. The third-order valence-electron chi connectivity index (χ3n) is 4.62. The molecule has 0 spiro atoms. The van der Waals surface area contributed by atoms with Crippen LogP contribution >= 0.6 is 0 Å². The van der Waals surface area contributed by atoms with Gasteiger partial charge in [0.2, 0.25) is 11.9 Å². The number of fused-ring (bicyclic) bond motifs is 1. The minimum absolute atomic E-state index is 0.214. The second-order valence-electron chi connectivity index (χ2n) is 6.27. The molecule has 1 atom stereocenters. The van der Waals surface area contributed by atoms with Gasteiger partial charge in [0.1, 0.15) is 11.2 Å². The molecule has 4 rings (SSSR count). The van der Waals surface area contributed by atoms with Gasteiger partial charge in [0, 0.05) is 56.6 Å². The van der Waals surface area contributed by atoms with Crippen molar-refractivity contribution in [3.8, 4) is 5.69 Å². The van der Waals surface area contributed by atoms with E-state index in [1.807, 2.05) is 29.1 Å². The molecule has 0 aromatic carbocycles. The average molecular weight is 353 g/mol. The molecule has 3 aromatic heterocycles. The number of aromatic nitrogens is 4. The number of methoxy groups -OCH3 is 1. The molecule has 8 nitrogen and oxygen atoms in total. The quantitative estimate of drug-likeness (QED) is 0.772. The lowest BCUT2D eigenvalue weighted by molar-refractivity contribution is -0.114. The number of nitrogens with zero attached hydrogens (tertiary/aromatic N) is 4. The van der Waals surface area contributed by atoms with Crippen LogP contribution in [0.4, 0.5) is 5.95 Å². The lowest BCUT2D eigenvalue weighted by Crippen LogP contribution is -2.29. The molecule has 0 bridgehead atoms. The first-order valence-electron chi connectivity index (χ1n) is 8.32. The molecule has 1 unspecified atom stereocenters. The minimum atomic E-state index is -0.470. The fourth-order valence-electron chi connectivity index (χ4n) is 3.21. The SMILES string of the molecule is COC1(c2cncc(-n3ccc4cnc(NC(C)=O)nc43)c2)CCOC1. The monoisotopic (exact) mass is 353 g/mol. The van der Waals surface area contributed by atoms with Gasteiger partial charge in [0.25, 0.3) is 0 Å². The largest absolute Gasteiger partial charge is 0.378 e. The van der Waals surface area contributed by atoms with Crippen LogP contribution in [0.1, 0.15) is 18.9 Å². The van der Waals surface area contributed by atoms with Crippen molar-refractivity contribution in [1.29, 1.82) is 0 Å². The fraction of sp³-hybridized carbons (Fsp3) is 0.333. The van der Waals surface area contributed by atoms with E-state index in [1.165, 1.54) is 6.92 Å². The first-order chi connectivity index (χ1) is 12.6. The molecular formula is C18H19N5O3. The lowest BCUT2D eigenvalue weighted by atomic mass is 9.94. The highest BCUT2D eigenvalue weighted by atomic mass is 16.5. The van der Waals surface area contributed by atoms with E-state index in [2.05, 4.69) is 20.3 Å². The van der Waals surface area contributed by atoms with Gasteiger partial charge in [-0.3, -0.25) is 19.7 Å². The number of carbonyl (C=O) groups excluding carboxylic acids is 1. The summed E-state index contributed by atoms with van der Waals surface area (Å²) in [7, 11) is 1.69. The van der Waals surface area contributed by atoms with Crippen molar-refractivity contribution in [1.82, 2.24) is 19.5 Å². The lowest BCUT2D eigenvalue weighted by Gasteiger charge is -2.26. The molecule has 0 radical (unpaired) electrons. The van der Waals surface area contributed by atoms with Gasteiger partial charge in [-0.05, 0) is 12.1 Å². The summed E-state index contributed by atoms with van der Waals surface area (Å²) in [5.74, 6) is 0.0565. The molecule has 1 aliphatic rings. The van der Waals surface area contributed by atoms with E-state index < -0.39 is 5.60 Å². The van der Waals surface area contributed by atoms with E-state index in [9.17, 15) is 4.79 Å². The second-order valence-corrected chi connectivity index (χ2v) is 6.27. The van der Waals surface area contributed by atoms with Gasteiger partial charge in [-0.25, -0.2) is 4.98 Å². The summed E-state index contributed by atoms with van der Waals surface area (Å²) in [6.07, 6.45) is 7.95. The molecule has 4 heterocycles. The Kier molecular flexibility index (Phi) is 4.14. The Hall–Kier alpha value is -2.84. The summed E-state index contributed by atoms with van der Waals surface area (Å²) < 4.78 is 13.2. The maximum absolute atomic E-state index is 11.3. The van der Waals surface area contributed by atoms with Crippen molar-refractivity contribution in [2.45, 2.75) is 18.9 Å². The minimum Gasteiger partial charge on any atom is -0.378 e. The van der Waals surface area contributed by atoms with Crippen LogP contribution in [-0.4, -0.2) is 45.7 Å². The molecule has 1 N–H and O–H groups in total. The normalized spacial score (nSPS) is 19.8. The van der Waals surface area contributed by atoms with E-state index in [0.29, 0.717) is 18.9 Å². The molecule has 1 amide bonds. The molecule has 1 aliphatic heterocycles. The summed E-state index contributed by atoms with van der Waals surface area (Å²) in [6.45, 7) is 2.60. The zero-order chi connectivity index (χ0) is 18.1. The molecular weight excluding hydrogens is 334 g/mol. The Bertz CT molecular complexity index is 962. The molecule has 8 heteroatoms. The Labute approximate surface area is 150 Å². The van der Waals surface area contributed by atoms with Crippen LogP contribution in [0.15, 0.2) is 36.9 Å². The fourth-order valence-corrected chi connectivity index (χ4v) is 3.21. The van der Waals surface area contributed by atoms with Crippen LogP contribution in [0.5, 0.6) is 0 Å². The van der Waals surface area contributed by atoms with Gasteiger partial charge < -0.3 is 9.47 Å². The Morgan fingerprint density at radius 3 is 3.00 bits per heavy atom. The predicted molar refractivity (Wildman–Crippen MR) is 95.1 cm³/mol. The van der Waals surface area contributed by atoms with E-state index >= 15 is 0 Å². The maximum Gasteiger partial charge on any atom is 0.231 e. The molecule has 26 heavy (non-hydrogen) atoms. The number of rotatable bonds is 4. The smallest absolute Gasteiger partial charge is 0.231 e. The number of amides is 1. The van der Waals surface area contributed by atoms with Crippen molar-refractivity contribution >= 4 is 22.9 Å². The highest BCUT2D eigenvalue weighted by molar-refractivity contribution is 5.88. The third kappa shape index (κ3) is 2.83. The first kappa shape index (κ1) is 16.6. The molecule has 134 valence electrons. The number of pyridine rings is 1. The van der Waals surface area contributed by atoms with Gasteiger partial charge in [0.15, 0.2) is 0 Å². The van der Waals surface area contributed by atoms with Crippen LogP contribution in [0.3, 0.4) is 0 Å². The summed E-state index contributed by atoms with van der Waals surface area (Å²) in [6, 6.07) is 3.95. The number of hydrogen-bond donors (Lipinski definition) is 1. The summed E-state index contributed by atoms with van der Waals surface area (Å²) in [5.41, 5.74) is 2.04. The van der Waals surface area contributed by atoms with Crippen molar-refractivity contribution < 1.29 is 14.3 Å². The van der Waals surface area contributed by atoms with Crippen molar-refractivity contribution in [2.24, 2.45) is 0 Å². The summed E-state index contributed by atoms with van der Waals surface area (Å²) in [5, 5.41) is 3.48.